The van der Waals surface area contributed by atoms with Crippen molar-refractivity contribution in [1.29, 1.82) is 0 Å². The van der Waals surface area contributed by atoms with Gasteiger partial charge in [0.05, 0.1) is 0 Å². The Bertz CT molecular complexity index is 600. The van der Waals surface area contributed by atoms with Crippen LogP contribution in [0.1, 0.15) is 13.2 Å². The van der Waals surface area contributed by atoms with E-state index in [9.17, 15) is 19.1 Å². The number of aromatic amines is 1. The van der Waals surface area contributed by atoms with E-state index in [0.717, 1.165) is 16.8 Å². The quantitative estimate of drug-likeness (QED) is 0.612. The Balaban J connectivity index is 2.51. The van der Waals surface area contributed by atoms with E-state index in [1.807, 2.05) is 4.98 Å². The van der Waals surface area contributed by atoms with Crippen LogP contribution in [0.4, 0.5) is 4.39 Å². The monoisotopic (exact) mass is 294 g/mol. The number of halogens is 2. The van der Waals surface area contributed by atoms with Gasteiger partial charge in [0.2, 0.25) is 0 Å². The Morgan fingerprint density at radius 1 is 1.63 bits per heavy atom. The second kappa shape index (κ2) is 4.41. The summed E-state index contributed by atoms with van der Waals surface area (Å²) in [6, 6.07) is 1.03. The highest BCUT2D eigenvalue weighted by molar-refractivity contribution is 6.24. The summed E-state index contributed by atoms with van der Waals surface area (Å²) in [6.07, 6.45) is -2.16. The van der Waals surface area contributed by atoms with Crippen molar-refractivity contribution in [1.82, 2.24) is 9.55 Å². The molecule has 1 aromatic rings. The zero-order chi connectivity index (χ0) is 14.4. The lowest BCUT2D eigenvalue weighted by atomic mass is 10.00. The van der Waals surface area contributed by atoms with Crippen LogP contribution in [0.2, 0.25) is 0 Å². The van der Waals surface area contributed by atoms with Gasteiger partial charge in [0.25, 0.3) is 11.4 Å². The average Bonchev–Trinajstić information content (AvgIpc) is 2.51. The zero-order valence-electron chi connectivity index (χ0n) is 9.84. The highest BCUT2D eigenvalue weighted by Gasteiger charge is 2.62. The molecule has 0 saturated carbocycles. The van der Waals surface area contributed by atoms with Crippen molar-refractivity contribution in [3.05, 3.63) is 33.1 Å². The number of aromatic nitrogens is 2. The van der Waals surface area contributed by atoms with E-state index >= 15 is 0 Å². The first kappa shape index (κ1) is 14.2. The van der Waals surface area contributed by atoms with Crippen molar-refractivity contribution in [3.63, 3.8) is 0 Å². The number of H-pyrrole nitrogens is 1. The first-order valence-corrected chi connectivity index (χ1v) is 5.76. The molecular weight excluding hydrogens is 283 g/mol. The molecule has 1 saturated heterocycles. The van der Waals surface area contributed by atoms with E-state index in [2.05, 4.69) is 0 Å². The third-order valence-corrected chi connectivity index (χ3v) is 3.45. The average molecular weight is 295 g/mol. The highest BCUT2D eigenvalue weighted by Crippen LogP contribution is 2.48. The molecular formula is C10H12ClFN2O5. The van der Waals surface area contributed by atoms with Crippen LogP contribution in [0.15, 0.2) is 21.9 Å². The normalized spacial score (nSPS) is 38.6. The highest BCUT2D eigenvalue weighted by atomic mass is 35.5. The molecule has 0 amide bonds. The number of aliphatic hydroxyl groups is 2. The second-order valence-corrected chi connectivity index (χ2v) is 5.30. The number of hydrogen-bond donors (Lipinski definition) is 3. The lowest BCUT2D eigenvalue weighted by molar-refractivity contribution is -0.207. The number of hydrogen-bond acceptors (Lipinski definition) is 5. The molecule has 0 bridgehead atoms. The van der Waals surface area contributed by atoms with E-state index in [-0.39, 0.29) is 0 Å². The van der Waals surface area contributed by atoms with Gasteiger partial charge in [-0.15, -0.1) is 11.6 Å². The molecule has 1 unspecified atom stereocenters. The Labute approximate surface area is 111 Å². The van der Waals surface area contributed by atoms with Gasteiger partial charge in [-0.3, -0.25) is 14.3 Å². The maximum absolute atomic E-state index is 14.1. The van der Waals surface area contributed by atoms with E-state index in [1.165, 1.54) is 6.92 Å². The molecule has 1 aliphatic heterocycles. The summed E-state index contributed by atoms with van der Waals surface area (Å²) >= 11 is 6.02. The molecule has 9 heteroatoms. The molecule has 7 nitrogen and oxygen atoms in total. The van der Waals surface area contributed by atoms with Crippen LogP contribution >= 0.6 is 11.6 Å². The van der Waals surface area contributed by atoms with E-state index in [0.29, 0.717) is 0 Å². The van der Waals surface area contributed by atoms with Gasteiger partial charge >= 0.3 is 5.69 Å². The number of aliphatic hydroxyl groups excluding tert-OH is 2. The van der Waals surface area contributed by atoms with Crippen molar-refractivity contribution in [3.8, 4) is 0 Å². The standard InChI is InChI=1S/C10H12ClFN2O5/c1-9(11)6(17)10(12,4-15)19-7(9)14-3-2-5(16)13-8(14)18/h2-3,6-7,15,17H,4H2,1H3,(H,13,16,18)/t6-,7?,9+,10+/m0/s1. The van der Waals surface area contributed by atoms with Crippen molar-refractivity contribution in [2.45, 2.75) is 30.0 Å². The van der Waals surface area contributed by atoms with Crippen LogP contribution in [0.25, 0.3) is 0 Å². The van der Waals surface area contributed by atoms with E-state index < -0.39 is 40.9 Å². The SMILES string of the molecule is C[C@]1(Cl)C(n2ccc(=O)[nH]c2=O)O[C@](F)(CO)[C@H]1O. The van der Waals surface area contributed by atoms with E-state index in [1.54, 1.807) is 0 Å². The third kappa shape index (κ3) is 2.10. The molecule has 3 N–H and O–H groups in total. The van der Waals surface area contributed by atoms with Crippen LogP contribution in [0.3, 0.4) is 0 Å². The number of ether oxygens (including phenoxy) is 1. The van der Waals surface area contributed by atoms with Crippen molar-refractivity contribution in [2.24, 2.45) is 0 Å². The molecule has 2 heterocycles. The molecule has 1 aromatic heterocycles. The summed E-state index contributed by atoms with van der Waals surface area (Å²) in [5, 5.41) is 18.7. The van der Waals surface area contributed by atoms with Crippen LogP contribution in [0, 0.1) is 0 Å². The van der Waals surface area contributed by atoms with E-state index in [4.69, 9.17) is 21.4 Å². The Kier molecular flexibility index (Phi) is 3.29. The lowest BCUT2D eigenvalue weighted by Gasteiger charge is -2.26. The molecule has 0 spiro atoms. The Morgan fingerprint density at radius 2 is 2.26 bits per heavy atom. The fraction of sp³-hybridized carbons (Fsp3) is 0.600. The number of alkyl halides is 2. The summed E-state index contributed by atoms with van der Waals surface area (Å²) in [5.74, 6) is -2.78. The molecule has 0 aromatic carbocycles. The number of rotatable bonds is 2. The van der Waals surface area contributed by atoms with Gasteiger partial charge in [0, 0.05) is 12.3 Å². The summed E-state index contributed by atoms with van der Waals surface area (Å²) in [7, 11) is 0. The number of nitrogens with one attached hydrogen (secondary N) is 1. The minimum Gasteiger partial charge on any atom is -0.390 e. The maximum Gasteiger partial charge on any atom is 0.330 e. The van der Waals surface area contributed by atoms with Crippen LogP contribution in [-0.4, -0.2) is 43.2 Å². The molecule has 0 aliphatic carbocycles. The Morgan fingerprint density at radius 3 is 2.74 bits per heavy atom. The minimum absolute atomic E-state index is 0.634. The lowest BCUT2D eigenvalue weighted by Crippen LogP contribution is -2.46. The first-order valence-electron chi connectivity index (χ1n) is 5.38. The summed E-state index contributed by atoms with van der Waals surface area (Å²) in [6.45, 7) is 0.142. The van der Waals surface area contributed by atoms with Crippen molar-refractivity contribution < 1.29 is 19.3 Å². The van der Waals surface area contributed by atoms with Crippen molar-refractivity contribution >= 4 is 11.6 Å². The van der Waals surface area contributed by atoms with Gasteiger partial charge < -0.3 is 14.9 Å². The Hall–Kier alpha value is -1.22. The molecule has 1 aliphatic rings. The van der Waals surface area contributed by atoms with Crippen LogP contribution < -0.4 is 11.2 Å². The molecule has 19 heavy (non-hydrogen) atoms. The van der Waals surface area contributed by atoms with Crippen molar-refractivity contribution in [2.75, 3.05) is 6.61 Å². The number of nitrogens with zero attached hydrogens (tertiary/aromatic N) is 1. The van der Waals surface area contributed by atoms with Gasteiger partial charge in [0.15, 0.2) is 6.23 Å². The predicted octanol–water partition coefficient (Wildman–Crippen LogP) is -0.918. The van der Waals surface area contributed by atoms with Crippen LogP contribution in [-0.2, 0) is 4.74 Å². The summed E-state index contributed by atoms with van der Waals surface area (Å²) < 4.78 is 19.8. The minimum atomic E-state index is -2.78. The predicted molar refractivity (Wildman–Crippen MR) is 62.6 cm³/mol. The van der Waals surface area contributed by atoms with Gasteiger partial charge in [-0.1, -0.05) is 0 Å². The van der Waals surface area contributed by atoms with Gasteiger partial charge in [-0.2, -0.15) is 0 Å². The van der Waals surface area contributed by atoms with Gasteiger partial charge in [-0.25, -0.2) is 9.18 Å². The fourth-order valence-corrected chi connectivity index (χ4v) is 2.30. The first-order chi connectivity index (χ1) is 8.72. The molecule has 0 radical (unpaired) electrons. The zero-order valence-corrected chi connectivity index (χ0v) is 10.6. The van der Waals surface area contributed by atoms with Gasteiger partial charge in [-0.05, 0) is 6.92 Å². The summed E-state index contributed by atoms with van der Waals surface area (Å²) in [5.41, 5.74) is -1.50. The maximum atomic E-state index is 14.1. The summed E-state index contributed by atoms with van der Waals surface area (Å²) in [4.78, 5) is 22.8. The third-order valence-electron chi connectivity index (χ3n) is 3.05. The molecule has 1 fully saturated rings. The topological polar surface area (TPSA) is 105 Å². The molecule has 4 atom stereocenters. The second-order valence-electron chi connectivity index (χ2n) is 4.49. The van der Waals surface area contributed by atoms with Crippen LogP contribution in [0.5, 0.6) is 0 Å². The molecule has 106 valence electrons. The van der Waals surface area contributed by atoms with Gasteiger partial charge in [0.1, 0.15) is 17.6 Å². The fourth-order valence-electron chi connectivity index (χ4n) is 1.99. The largest absolute Gasteiger partial charge is 0.390 e. The molecule has 2 rings (SSSR count). The smallest absolute Gasteiger partial charge is 0.330 e.